The van der Waals surface area contributed by atoms with Crippen LogP contribution < -0.4 is 20.5 Å². The molecule has 298 valence electrons. The number of amides is 2. The minimum Gasteiger partial charge on any atom is -0.462 e. The molecule has 5 heterocycles. The van der Waals surface area contributed by atoms with Crippen molar-refractivity contribution >= 4 is 62.5 Å². The van der Waals surface area contributed by atoms with Gasteiger partial charge in [0.15, 0.2) is 0 Å². The van der Waals surface area contributed by atoms with E-state index >= 15 is 4.39 Å². The molecule has 1 saturated heterocycles. The molecule has 0 bridgehead atoms. The molecular formula is C41H45FN8O7. The Morgan fingerprint density at radius 1 is 1.11 bits per heavy atom. The van der Waals surface area contributed by atoms with Crippen molar-refractivity contribution in [1.82, 2.24) is 24.8 Å². The smallest absolute Gasteiger partial charge is 0.414 e. The summed E-state index contributed by atoms with van der Waals surface area (Å²) < 4.78 is 34.0. The molecule has 16 heteroatoms. The van der Waals surface area contributed by atoms with Gasteiger partial charge in [-0.2, -0.15) is 5.26 Å². The fourth-order valence-electron chi connectivity index (χ4n) is 7.71. The first kappa shape index (κ1) is 39.0. The SMILES string of the molecule is CCOC(=O)c1cn(C)c2ncc(-c3cnc4[nH]c5c(N(C)C(=O)OC(C)(C)C)cc(F)c(C#N)c5c4c3N3CC[C@@]4(C[C@@H]4NC(=O)OC(C)(C)C)C3)cc2c1=O. The largest absolute Gasteiger partial charge is 0.462 e. The number of nitriles is 1. The third-order valence-corrected chi connectivity index (χ3v) is 10.3. The average molecular weight is 781 g/mol. The first-order valence-corrected chi connectivity index (χ1v) is 18.7. The van der Waals surface area contributed by atoms with Crippen molar-refractivity contribution in [3.63, 3.8) is 0 Å². The van der Waals surface area contributed by atoms with Gasteiger partial charge in [0.05, 0.1) is 39.8 Å². The number of halogens is 1. The van der Waals surface area contributed by atoms with E-state index in [1.165, 1.54) is 18.1 Å². The number of aromatic amines is 1. The van der Waals surface area contributed by atoms with Crippen molar-refractivity contribution in [2.24, 2.45) is 12.5 Å². The number of alkyl carbamates (subject to hydrolysis) is 1. The van der Waals surface area contributed by atoms with Crippen LogP contribution in [0.1, 0.15) is 77.2 Å². The molecule has 57 heavy (non-hydrogen) atoms. The lowest BCUT2D eigenvalue weighted by Gasteiger charge is -2.25. The topological polar surface area (TPSA) is 185 Å². The van der Waals surface area contributed by atoms with Gasteiger partial charge in [0, 0.05) is 79.8 Å². The van der Waals surface area contributed by atoms with Crippen molar-refractivity contribution in [3.05, 3.63) is 57.9 Å². The van der Waals surface area contributed by atoms with E-state index in [0.717, 1.165) is 6.07 Å². The Kier molecular flexibility index (Phi) is 9.41. The second-order valence-corrected chi connectivity index (χ2v) is 16.8. The number of pyridine rings is 3. The van der Waals surface area contributed by atoms with E-state index in [2.05, 4.69) is 20.2 Å². The summed E-state index contributed by atoms with van der Waals surface area (Å²) in [6, 6.07) is 4.63. The first-order chi connectivity index (χ1) is 26.8. The Balaban J connectivity index is 1.45. The summed E-state index contributed by atoms with van der Waals surface area (Å²) in [4.78, 5) is 68.6. The highest BCUT2D eigenvalue weighted by Gasteiger charge is 2.59. The van der Waals surface area contributed by atoms with E-state index in [-0.39, 0.29) is 51.2 Å². The number of fused-ring (bicyclic) bond motifs is 4. The molecule has 1 aliphatic heterocycles. The molecule has 7 rings (SSSR count). The number of benzene rings is 1. The third-order valence-electron chi connectivity index (χ3n) is 10.3. The lowest BCUT2D eigenvalue weighted by atomic mass is 9.99. The molecule has 0 unspecified atom stereocenters. The third kappa shape index (κ3) is 7.06. The van der Waals surface area contributed by atoms with Crippen LogP contribution in [0, 0.1) is 22.6 Å². The Hall–Kier alpha value is -6.24. The highest BCUT2D eigenvalue weighted by Crippen LogP contribution is 2.56. The van der Waals surface area contributed by atoms with Crippen LogP contribution in [-0.2, 0) is 21.3 Å². The van der Waals surface area contributed by atoms with Crippen molar-refractivity contribution in [1.29, 1.82) is 5.26 Å². The van der Waals surface area contributed by atoms with Crippen molar-refractivity contribution in [2.75, 3.05) is 36.5 Å². The lowest BCUT2D eigenvalue weighted by Crippen LogP contribution is -2.36. The number of hydrogen-bond donors (Lipinski definition) is 2. The summed E-state index contributed by atoms with van der Waals surface area (Å²) in [5.41, 5.74) is -0.127. The second-order valence-electron chi connectivity index (χ2n) is 16.8. The first-order valence-electron chi connectivity index (χ1n) is 18.7. The molecule has 0 radical (unpaired) electrons. The zero-order chi connectivity index (χ0) is 41.4. The minimum absolute atomic E-state index is 0.0873. The predicted octanol–water partition coefficient (Wildman–Crippen LogP) is 6.68. The minimum atomic E-state index is -0.850. The van der Waals surface area contributed by atoms with Crippen LogP contribution in [0.3, 0.4) is 0 Å². The normalized spacial score (nSPS) is 17.9. The summed E-state index contributed by atoms with van der Waals surface area (Å²) in [6.07, 6.45) is 4.77. The molecule has 2 fully saturated rings. The number of ether oxygens (including phenoxy) is 3. The van der Waals surface area contributed by atoms with E-state index in [1.54, 1.807) is 78.5 Å². The molecule has 4 aromatic heterocycles. The maximum atomic E-state index is 16.1. The number of anilines is 2. The van der Waals surface area contributed by atoms with Crippen LogP contribution in [0.25, 0.3) is 44.1 Å². The van der Waals surface area contributed by atoms with Crippen LogP contribution in [0.15, 0.2) is 35.5 Å². The Morgan fingerprint density at radius 2 is 1.82 bits per heavy atom. The second kappa shape index (κ2) is 13.7. The molecule has 1 spiro atoms. The van der Waals surface area contributed by atoms with Crippen molar-refractivity contribution < 1.29 is 33.0 Å². The van der Waals surface area contributed by atoms with Gasteiger partial charge in [-0.25, -0.2) is 28.7 Å². The molecule has 1 saturated carbocycles. The molecule has 2 N–H and O–H groups in total. The zero-order valence-corrected chi connectivity index (χ0v) is 33.4. The molecule has 15 nitrogen and oxygen atoms in total. The van der Waals surface area contributed by atoms with Crippen LogP contribution in [0.5, 0.6) is 0 Å². The highest BCUT2D eigenvalue weighted by molar-refractivity contribution is 6.20. The van der Waals surface area contributed by atoms with Gasteiger partial charge in [-0.05, 0) is 67.4 Å². The molecule has 1 aromatic carbocycles. The molecular weight excluding hydrogens is 735 g/mol. The van der Waals surface area contributed by atoms with Gasteiger partial charge in [-0.3, -0.25) is 9.69 Å². The molecule has 2 atom stereocenters. The Labute approximate surface area is 327 Å². The zero-order valence-electron chi connectivity index (χ0n) is 33.4. The number of nitrogens with zero attached hydrogens (tertiary/aromatic N) is 6. The number of hydrogen-bond acceptors (Lipinski definition) is 11. The number of carbonyl (C=O) groups excluding carboxylic acids is 3. The van der Waals surface area contributed by atoms with Gasteiger partial charge < -0.3 is 34.0 Å². The number of esters is 1. The van der Waals surface area contributed by atoms with Gasteiger partial charge in [0.25, 0.3) is 0 Å². The lowest BCUT2D eigenvalue weighted by molar-refractivity contribution is 0.0509. The predicted molar refractivity (Wildman–Crippen MR) is 212 cm³/mol. The summed E-state index contributed by atoms with van der Waals surface area (Å²) in [7, 11) is 3.13. The van der Waals surface area contributed by atoms with E-state index in [0.29, 0.717) is 59.4 Å². The standard InChI is InChI=1S/C41H45FN8O7/c1-10-55-36(52)25-19-48(8)35-22(33(25)51)13-21(17-45-35)24-18-44-34-30(32(24)50-12-11-41(20-50)15-28(41)46-37(53)56-39(2,3)4)29-23(16-43)26(42)14-27(31(29)47-34)49(9)38(54)57-40(5,6)7/h13-14,17-19,28H,10-12,15,20H2,1-9H3,(H,44,47)(H,46,53)/t28-,41+/m0/s1. The quantitative estimate of drug-likeness (QED) is 0.138. The van der Waals surface area contributed by atoms with E-state index < -0.39 is 40.6 Å². The molecule has 5 aromatic rings. The van der Waals surface area contributed by atoms with Crippen molar-refractivity contribution in [3.8, 4) is 17.2 Å². The van der Waals surface area contributed by atoms with Gasteiger partial charge >= 0.3 is 18.2 Å². The number of H-pyrrole nitrogens is 1. The number of nitrogens with one attached hydrogen (secondary N) is 2. The van der Waals surface area contributed by atoms with Crippen LogP contribution in [0.2, 0.25) is 0 Å². The number of carbonyl (C=O) groups is 3. The fraction of sp³-hybridized carbons (Fsp3) is 0.439. The van der Waals surface area contributed by atoms with E-state index in [1.807, 2.05) is 6.07 Å². The van der Waals surface area contributed by atoms with Gasteiger partial charge in [0.1, 0.15) is 39.9 Å². The van der Waals surface area contributed by atoms with Gasteiger partial charge in [-0.15, -0.1) is 0 Å². The summed E-state index contributed by atoms with van der Waals surface area (Å²) in [5.74, 6) is -1.61. The average Bonchev–Trinajstić information content (AvgIpc) is 3.40. The number of aryl methyl sites for hydroxylation is 1. The summed E-state index contributed by atoms with van der Waals surface area (Å²) >= 11 is 0. The maximum absolute atomic E-state index is 16.1. The maximum Gasteiger partial charge on any atom is 0.414 e. The van der Waals surface area contributed by atoms with Gasteiger partial charge in [0.2, 0.25) is 5.43 Å². The van der Waals surface area contributed by atoms with E-state index in [4.69, 9.17) is 19.2 Å². The van der Waals surface area contributed by atoms with Crippen LogP contribution in [0.4, 0.5) is 25.4 Å². The van der Waals surface area contributed by atoms with Crippen molar-refractivity contribution in [2.45, 2.75) is 78.6 Å². The Morgan fingerprint density at radius 3 is 2.49 bits per heavy atom. The summed E-state index contributed by atoms with van der Waals surface area (Å²) in [5, 5.41) is 14.2. The highest BCUT2D eigenvalue weighted by atomic mass is 19.1. The molecule has 2 aliphatic rings. The fourth-order valence-corrected chi connectivity index (χ4v) is 7.71. The number of rotatable bonds is 6. The van der Waals surface area contributed by atoms with Crippen LogP contribution >= 0.6 is 0 Å². The number of aromatic nitrogens is 4. The van der Waals surface area contributed by atoms with Crippen LogP contribution in [-0.4, -0.2) is 81.7 Å². The van der Waals surface area contributed by atoms with Gasteiger partial charge in [-0.1, -0.05) is 0 Å². The Bertz CT molecular complexity index is 2610. The van der Waals surface area contributed by atoms with E-state index in [9.17, 15) is 24.4 Å². The molecule has 2 amide bonds. The molecule has 1 aliphatic carbocycles. The summed E-state index contributed by atoms with van der Waals surface area (Å²) in [6.45, 7) is 13.3. The monoisotopic (exact) mass is 780 g/mol.